The first kappa shape index (κ1) is 14.9. The van der Waals surface area contributed by atoms with Crippen LogP contribution in [0, 0.1) is 0 Å². The van der Waals surface area contributed by atoms with Crippen molar-refractivity contribution in [1.82, 2.24) is 20.1 Å². The summed E-state index contributed by atoms with van der Waals surface area (Å²) in [5, 5.41) is 7.61. The average molecular weight is 319 g/mol. The molecule has 1 saturated heterocycles. The normalized spacial score (nSPS) is 15.6. The molecule has 1 N–H and O–H groups in total. The highest BCUT2D eigenvalue weighted by atomic mass is 15.3. The molecule has 0 atom stereocenters. The van der Waals surface area contributed by atoms with Crippen LogP contribution in [0.25, 0.3) is 11.3 Å². The Bertz CT molecular complexity index is 761. The van der Waals surface area contributed by atoms with Gasteiger partial charge in [-0.05, 0) is 17.7 Å². The molecular weight excluding hydrogens is 298 g/mol. The standard InChI is InChI=1S/C19H21N5/c1-2-5-16(6-3-1)15-23-9-11-24(12-10-23)19-13-18(21-22-19)17-7-4-8-20-14-17/h1-8,13-14H,9-12,15H2,(H,21,22). The van der Waals surface area contributed by atoms with Crippen LogP contribution in [0.3, 0.4) is 0 Å². The maximum atomic E-state index is 4.48. The number of nitrogens with zero attached hydrogens (tertiary/aromatic N) is 4. The van der Waals surface area contributed by atoms with Crippen molar-refractivity contribution in [3.05, 3.63) is 66.5 Å². The zero-order valence-electron chi connectivity index (χ0n) is 13.6. The first-order valence-corrected chi connectivity index (χ1v) is 8.35. The van der Waals surface area contributed by atoms with Gasteiger partial charge in [0, 0.05) is 56.7 Å². The van der Waals surface area contributed by atoms with E-state index in [-0.39, 0.29) is 0 Å². The molecule has 2 aromatic heterocycles. The summed E-state index contributed by atoms with van der Waals surface area (Å²) in [7, 11) is 0. The average Bonchev–Trinajstić information content (AvgIpc) is 3.14. The summed E-state index contributed by atoms with van der Waals surface area (Å²) in [6.07, 6.45) is 3.64. The fraction of sp³-hybridized carbons (Fsp3) is 0.263. The molecule has 122 valence electrons. The number of hydrogen-bond acceptors (Lipinski definition) is 4. The van der Waals surface area contributed by atoms with E-state index in [4.69, 9.17) is 0 Å². The topological polar surface area (TPSA) is 48.0 Å². The zero-order chi connectivity index (χ0) is 16.2. The van der Waals surface area contributed by atoms with E-state index in [1.165, 1.54) is 5.56 Å². The SMILES string of the molecule is c1ccc(CN2CCN(c3cc(-c4cccnc4)[nH]n3)CC2)cc1. The molecule has 0 radical (unpaired) electrons. The molecule has 24 heavy (non-hydrogen) atoms. The Kier molecular flexibility index (Phi) is 4.25. The molecule has 1 fully saturated rings. The van der Waals surface area contributed by atoms with Crippen molar-refractivity contribution in [1.29, 1.82) is 0 Å². The number of hydrogen-bond donors (Lipinski definition) is 1. The Hall–Kier alpha value is -2.66. The fourth-order valence-electron chi connectivity index (χ4n) is 3.12. The lowest BCUT2D eigenvalue weighted by molar-refractivity contribution is 0.249. The summed E-state index contributed by atoms with van der Waals surface area (Å²) in [6.45, 7) is 5.15. The Morgan fingerprint density at radius 1 is 0.958 bits per heavy atom. The number of aromatic nitrogens is 3. The molecule has 1 aliphatic rings. The highest BCUT2D eigenvalue weighted by molar-refractivity contribution is 5.62. The van der Waals surface area contributed by atoms with Gasteiger partial charge in [0.05, 0.1) is 5.69 Å². The van der Waals surface area contributed by atoms with Crippen molar-refractivity contribution in [3.63, 3.8) is 0 Å². The summed E-state index contributed by atoms with van der Waals surface area (Å²) in [4.78, 5) is 9.01. The van der Waals surface area contributed by atoms with Crippen molar-refractivity contribution < 1.29 is 0 Å². The van der Waals surface area contributed by atoms with Crippen LogP contribution >= 0.6 is 0 Å². The van der Waals surface area contributed by atoms with E-state index in [1.807, 2.05) is 18.3 Å². The Balaban J connectivity index is 1.37. The van der Waals surface area contributed by atoms with Crippen molar-refractivity contribution in [3.8, 4) is 11.3 Å². The van der Waals surface area contributed by atoms with E-state index in [9.17, 15) is 0 Å². The van der Waals surface area contributed by atoms with Gasteiger partial charge in [0.1, 0.15) is 0 Å². The summed E-state index contributed by atoms with van der Waals surface area (Å²) in [5.74, 6) is 1.02. The van der Waals surface area contributed by atoms with Gasteiger partial charge in [0.15, 0.2) is 5.82 Å². The third kappa shape index (κ3) is 3.31. The molecule has 0 spiro atoms. The maximum Gasteiger partial charge on any atom is 0.151 e. The molecule has 0 amide bonds. The van der Waals surface area contributed by atoms with Crippen LogP contribution in [0.2, 0.25) is 0 Å². The number of rotatable bonds is 4. The number of benzene rings is 1. The van der Waals surface area contributed by atoms with Gasteiger partial charge in [-0.25, -0.2) is 0 Å². The molecule has 0 saturated carbocycles. The van der Waals surface area contributed by atoms with Crippen LogP contribution in [0.15, 0.2) is 60.9 Å². The van der Waals surface area contributed by atoms with Crippen LogP contribution in [0.5, 0.6) is 0 Å². The van der Waals surface area contributed by atoms with E-state index in [1.54, 1.807) is 6.20 Å². The van der Waals surface area contributed by atoms with Gasteiger partial charge >= 0.3 is 0 Å². The highest BCUT2D eigenvalue weighted by Gasteiger charge is 2.19. The largest absolute Gasteiger partial charge is 0.353 e. The van der Waals surface area contributed by atoms with E-state index in [0.29, 0.717) is 0 Å². The molecular formula is C19H21N5. The number of nitrogens with one attached hydrogen (secondary N) is 1. The van der Waals surface area contributed by atoms with Crippen LogP contribution in [0.4, 0.5) is 5.82 Å². The van der Waals surface area contributed by atoms with Crippen molar-refractivity contribution in [2.45, 2.75) is 6.54 Å². The van der Waals surface area contributed by atoms with E-state index in [0.717, 1.165) is 49.8 Å². The lowest BCUT2D eigenvalue weighted by atomic mass is 10.2. The molecule has 1 aromatic carbocycles. The molecule has 5 nitrogen and oxygen atoms in total. The second-order valence-electron chi connectivity index (χ2n) is 6.13. The summed E-state index contributed by atoms with van der Waals surface area (Å²) in [6, 6.07) is 16.8. The second-order valence-corrected chi connectivity index (χ2v) is 6.13. The van der Waals surface area contributed by atoms with Crippen molar-refractivity contribution in [2.75, 3.05) is 31.1 Å². The van der Waals surface area contributed by atoms with Gasteiger partial charge in [-0.2, -0.15) is 5.10 Å². The van der Waals surface area contributed by atoms with Gasteiger partial charge in [-0.1, -0.05) is 30.3 Å². The van der Waals surface area contributed by atoms with Gasteiger partial charge < -0.3 is 4.90 Å². The minimum atomic E-state index is 1.00. The number of anilines is 1. The van der Waals surface area contributed by atoms with Gasteiger partial charge in [0.25, 0.3) is 0 Å². The van der Waals surface area contributed by atoms with Gasteiger partial charge in [-0.15, -0.1) is 0 Å². The lowest BCUT2D eigenvalue weighted by Crippen LogP contribution is -2.46. The van der Waals surface area contributed by atoms with Gasteiger partial charge in [0.2, 0.25) is 0 Å². The van der Waals surface area contributed by atoms with Crippen LogP contribution in [0.1, 0.15) is 5.56 Å². The molecule has 0 aliphatic carbocycles. The minimum absolute atomic E-state index is 1.00. The third-order valence-electron chi connectivity index (χ3n) is 4.48. The molecule has 5 heteroatoms. The Labute approximate surface area is 142 Å². The minimum Gasteiger partial charge on any atom is -0.353 e. The number of pyridine rings is 1. The molecule has 3 aromatic rings. The van der Waals surface area contributed by atoms with E-state index >= 15 is 0 Å². The predicted molar refractivity (Wildman–Crippen MR) is 95.8 cm³/mol. The quantitative estimate of drug-likeness (QED) is 0.803. The van der Waals surface area contributed by atoms with Crippen LogP contribution in [-0.2, 0) is 6.54 Å². The zero-order valence-corrected chi connectivity index (χ0v) is 13.6. The second kappa shape index (κ2) is 6.84. The summed E-state index contributed by atoms with van der Waals surface area (Å²) in [5.41, 5.74) is 3.47. The highest BCUT2D eigenvalue weighted by Crippen LogP contribution is 2.22. The van der Waals surface area contributed by atoms with Crippen LogP contribution in [-0.4, -0.2) is 46.3 Å². The molecule has 4 rings (SSSR count). The number of aromatic amines is 1. The summed E-state index contributed by atoms with van der Waals surface area (Å²) >= 11 is 0. The fourth-order valence-corrected chi connectivity index (χ4v) is 3.12. The maximum absolute atomic E-state index is 4.48. The molecule has 0 unspecified atom stereocenters. The lowest BCUT2D eigenvalue weighted by Gasteiger charge is -2.34. The smallest absolute Gasteiger partial charge is 0.151 e. The van der Waals surface area contributed by atoms with Crippen molar-refractivity contribution >= 4 is 5.82 Å². The predicted octanol–water partition coefficient (Wildman–Crippen LogP) is 2.79. The first-order chi connectivity index (χ1) is 11.9. The Morgan fingerprint density at radius 3 is 2.54 bits per heavy atom. The van der Waals surface area contributed by atoms with Crippen molar-refractivity contribution in [2.24, 2.45) is 0 Å². The van der Waals surface area contributed by atoms with Crippen LogP contribution < -0.4 is 4.90 Å². The molecule has 3 heterocycles. The summed E-state index contributed by atoms with van der Waals surface area (Å²) < 4.78 is 0. The Morgan fingerprint density at radius 2 is 1.79 bits per heavy atom. The number of H-pyrrole nitrogens is 1. The molecule has 1 aliphatic heterocycles. The molecule has 0 bridgehead atoms. The number of piperazine rings is 1. The first-order valence-electron chi connectivity index (χ1n) is 8.35. The monoisotopic (exact) mass is 319 g/mol. The van der Waals surface area contributed by atoms with Gasteiger partial charge in [-0.3, -0.25) is 15.0 Å². The van der Waals surface area contributed by atoms with E-state index in [2.05, 4.69) is 61.4 Å². The third-order valence-corrected chi connectivity index (χ3v) is 4.48. The van der Waals surface area contributed by atoms with E-state index < -0.39 is 0 Å².